The second-order valence-electron chi connectivity index (χ2n) is 10.9. The van der Waals surface area contributed by atoms with Crippen LogP contribution in [0.3, 0.4) is 0 Å². The molecule has 4 nitrogen and oxygen atoms in total. The largest absolute Gasteiger partial charge is 0.456 e. The van der Waals surface area contributed by atoms with E-state index in [4.69, 9.17) is 9.40 Å². The zero-order valence-corrected chi connectivity index (χ0v) is 23.2. The summed E-state index contributed by atoms with van der Waals surface area (Å²) >= 11 is 0. The SMILES string of the molecule is c1ccc(N(c2cccc(-n3c4ccccc4c4cc5ccccc5cc43)c2)c2cc3oc4ccccc4c3cn2)cc1. The van der Waals surface area contributed by atoms with Crippen LogP contribution in [0.5, 0.6) is 0 Å². The number of fused-ring (bicyclic) bond motifs is 7. The molecule has 0 saturated heterocycles. The number of rotatable bonds is 4. The lowest BCUT2D eigenvalue weighted by atomic mass is 10.1. The number of hydrogen-bond donors (Lipinski definition) is 0. The summed E-state index contributed by atoms with van der Waals surface area (Å²) < 4.78 is 8.63. The summed E-state index contributed by atoms with van der Waals surface area (Å²) in [6.45, 7) is 0. The normalized spacial score (nSPS) is 11.7. The summed E-state index contributed by atoms with van der Waals surface area (Å²) in [6.07, 6.45) is 1.92. The molecule has 0 radical (unpaired) electrons. The molecule has 0 aliphatic carbocycles. The van der Waals surface area contributed by atoms with Gasteiger partial charge in [-0.15, -0.1) is 0 Å². The van der Waals surface area contributed by atoms with Crippen LogP contribution < -0.4 is 4.90 Å². The van der Waals surface area contributed by atoms with Gasteiger partial charge >= 0.3 is 0 Å². The molecule has 3 heterocycles. The van der Waals surface area contributed by atoms with Crippen molar-refractivity contribution in [3.05, 3.63) is 152 Å². The number of para-hydroxylation sites is 3. The van der Waals surface area contributed by atoms with E-state index in [2.05, 4.69) is 125 Å². The Bertz CT molecular complexity index is 2470. The first-order chi connectivity index (χ1) is 21.3. The first-order valence-corrected chi connectivity index (χ1v) is 14.5. The first kappa shape index (κ1) is 23.8. The van der Waals surface area contributed by atoms with Gasteiger partial charge in [-0.3, -0.25) is 4.90 Å². The molecule has 0 amide bonds. The third kappa shape index (κ3) is 3.74. The van der Waals surface area contributed by atoms with E-state index in [1.807, 2.05) is 36.5 Å². The molecular weight excluding hydrogens is 526 g/mol. The third-order valence-electron chi connectivity index (χ3n) is 8.38. The Morgan fingerprint density at radius 2 is 1.21 bits per heavy atom. The molecule has 0 atom stereocenters. The van der Waals surface area contributed by atoms with Gasteiger partial charge in [-0.05, 0) is 65.4 Å². The van der Waals surface area contributed by atoms with Crippen molar-refractivity contribution in [2.75, 3.05) is 4.90 Å². The maximum atomic E-state index is 6.26. The van der Waals surface area contributed by atoms with E-state index in [9.17, 15) is 0 Å². The predicted molar refractivity (Wildman–Crippen MR) is 178 cm³/mol. The summed E-state index contributed by atoms with van der Waals surface area (Å²) in [5.74, 6) is 0.795. The van der Waals surface area contributed by atoms with Crippen LogP contribution in [0.4, 0.5) is 17.2 Å². The number of aromatic nitrogens is 2. The fourth-order valence-electron chi connectivity index (χ4n) is 6.43. The molecule has 0 aliphatic heterocycles. The van der Waals surface area contributed by atoms with E-state index in [0.29, 0.717) is 0 Å². The van der Waals surface area contributed by atoms with E-state index in [1.54, 1.807) is 0 Å². The molecule has 0 unspecified atom stereocenters. The Labute approximate surface area is 247 Å². The van der Waals surface area contributed by atoms with Gasteiger partial charge in [0.2, 0.25) is 0 Å². The Balaban J connectivity index is 1.27. The van der Waals surface area contributed by atoms with E-state index in [-0.39, 0.29) is 0 Å². The van der Waals surface area contributed by atoms with Gasteiger partial charge in [-0.2, -0.15) is 0 Å². The molecule has 9 aromatic rings. The molecule has 0 bridgehead atoms. The van der Waals surface area contributed by atoms with Crippen molar-refractivity contribution >= 4 is 71.7 Å². The number of nitrogens with zero attached hydrogens (tertiary/aromatic N) is 3. The Kier molecular flexibility index (Phi) is 5.16. The van der Waals surface area contributed by atoms with Crippen LogP contribution in [0.15, 0.2) is 156 Å². The van der Waals surface area contributed by atoms with Gasteiger partial charge in [0, 0.05) is 50.9 Å². The Morgan fingerprint density at radius 1 is 0.488 bits per heavy atom. The van der Waals surface area contributed by atoms with E-state index in [1.165, 1.54) is 32.6 Å². The molecule has 0 saturated carbocycles. The minimum absolute atomic E-state index is 0.795. The number of hydrogen-bond acceptors (Lipinski definition) is 3. The molecule has 202 valence electrons. The third-order valence-corrected chi connectivity index (χ3v) is 8.38. The lowest BCUT2D eigenvalue weighted by Crippen LogP contribution is -2.11. The average molecular weight is 552 g/mol. The fourth-order valence-corrected chi connectivity index (χ4v) is 6.43. The molecule has 0 fully saturated rings. The number of pyridine rings is 1. The quantitative estimate of drug-likeness (QED) is 0.218. The van der Waals surface area contributed by atoms with Crippen molar-refractivity contribution in [2.45, 2.75) is 0 Å². The summed E-state index contributed by atoms with van der Waals surface area (Å²) in [5.41, 5.74) is 7.17. The van der Waals surface area contributed by atoms with Crippen molar-refractivity contribution in [1.82, 2.24) is 9.55 Å². The van der Waals surface area contributed by atoms with Crippen LogP contribution in [-0.4, -0.2) is 9.55 Å². The smallest absolute Gasteiger partial charge is 0.141 e. The van der Waals surface area contributed by atoms with Crippen molar-refractivity contribution in [2.24, 2.45) is 0 Å². The Morgan fingerprint density at radius 3 is 2.09 bits per heavy atom. The standard InChI is InChI=1S/C39H25N3O/c1-2-13-28(14-3-1)41(39-24-38-34(25-40-39)32-18-7-9-20-37(32)43-38)29-15-10-16-30(23-29)42-35-19-8-6-17-31(35)33-21-26-11-4-5-12-27(26)22-36(33)42/h1-25H. The number of furan rings is 1. The van der Waals surface area contributed by atoms with Gasteiger partial charge in [0.15, 0.2) is 0 Å². The molecule has 0 N–H and O–H groups in total. The monoisotopic (exact) mass is 551 g/mol. The number of benzene rings is 6. The molecule has 0 aliphatic rings. The highest BCUT2D eigenvalue weighted by Crippen LogP contribution is 2.39. The van der Waals surface area contributed by atoms with Gasteiger partial charge in [-0.25, -0.2) is 4.98 Å². The van der Waals surface area contributed by atoms with Crippen LogP contribution in [0, 0.1) is 0 Å². The van der Waals surface area contributed by atoms with Crippen LogP contribution >= 0.6 is 0 Å². The lowest BCUT2D eigenvalue weighted by Gasteiger charge is -2.25. The fraction of sp³-hybridized carbons (Fsp3) is 0. The summed E-state index contributed by atoms with van der Waals surface area (Å²) in [5, 5.41) is 7.04. The van der Waals surface area contributed by atoms with E-state index in [0.717, 1.165) is 44.8 Å². The zero-order chi connectivity index (χ0) is 28.3. The summed E-state index contributed by atoms with van der Waals surface area (Å²) in [4.78, 5) is 7.16. The van der Waals surface area contributed by atoms with Gasteiger partial charge in [0.1, 0.15) is 17.0 Å². The van der Waals surface area contributed by atoms with Crippen LogP contribution in [0.1, 0.15) is 0 Å². The zero-order valence-electron chi connectivity index (χ0n) is 23.2. The van der Waals surface area contributed by atoms with E-state index >= 15 is 0 Å². The van der Waals surface area contributed by atoms with Gasteiger partial charge in [-0.1, -0.05) is 84.9 Å². The van der Waals surface area contributed by atoms with Crippen LogP contribution in [0.2, 0.25) is 0 Å². The van der Waals surface area contributed by atoms with Crippen LogP contribution in [-0.2, 0) is 0 Å². The molecule has 6 aromatic carbocycles. The van der Waals surface area contributed by atoms with Crippen molar-refractivity contribution in [3.63, 3.8) is 0 Å². The number of anilines is 3. The topological polar surface area (TPSA) is 34.2 Å². The highest BCUT2D eigenvalue weighted by molar-refractivity contribution is 6.13. The highest BCUT2D eigenvalue weighted by atomic mass is 16.3. The first-order valence-electron chi connectivity index (χ1n) is 14.5. The van der Waals surface area contributed by atoms with Gasteiger partial charge in [0.05, 0.1) is 11.0 Å². The van der Waals surface area contributed by atoms with Crippen molar-refractivity contribution in [3.8, 4) is 5.69 Å². The molecule has 9 rings (SSSR count). The molecular formula is C39H25N3O. The summed E-state index contributed by atoms with van der Waals surface area (Å²) in [6, 6.07) is 51.1. The maximum absolute atomic E-state index is 6.26. The summed E-state index contributed by atoms with van der Waals surface area (Å²) in [7, 11) is 0. The second-order valence-corrected chi connectivity index (χ2v) is 10.9. The maximum Gasteiger partial charge on any atom is 0.141 e. The van der Waals surface area contributed by atoms with Gasteiger partial charge in [0.25, 0.3) is 0 Å². The highest BCUT2D eigenvalue weighted by Gasteiger charge is 2.19. The van der Waals surface area contributed by atoms with Crippen molar-refractivity contribution in [1.29, 1.82) is 0 Å². The van der Waals surface area contributed by atoms with Gasteiger partial charge < -0.3 is 8.98 Å². The minimum Gasteiger partial charge on any atom is -0.456 e. The Hall–Kier alpha value is -5.87. The molecule has 43 heavy (non-hydrogen) atoms. The van der Waals surface area contributed by atoms with Crippen LogP contribution in [0.25, 0.3) is 60.2 Å². The van der Waals surface area contributed by atoms with E-state index < -0.39 is 0 Å². The predicted octanol–water partition coefficient (Wildman–Crippen LogP) is 10.7. The minimum atomic E-state index is 0.795. The van der Waals surface area contributed by atoms with Crippen molar-refractivity contribution < 1.29 is 4.42 Å². The second kappa shape index (κ2) is 9.33. The molecule has 4 heteroatoms. The lowest BCUT2D eigenvalue weighted by molar-refractivity contribution is 0.668. The molecule has 3 aromatic heterocycles. The molecule has 0 spiro atoms. The average Bonchev–Trinajstić information content (AvgIpc) is 3.59.